The predicted octanol–water partition coefficient (Wildman–Crippen LogP) is 4.81. The molecule has 21 heavy (non-hydrogen) atoms. The van der Waals surface area contributed by atoms with Gasteiger partial charge in [0.1, 0.15) is 0 Å². The van der Waals surface area contributed by atoms with Crippen LogP contribution in [0.15, 0.2) is 24.3 Å². The normalized spacial score (nSPS) is 23.6. The van der Waals surface area contributed by atoms with Crippen molar-refractivity contribution in [3.8, 4) is 0 Å². The lowest BCUT2D eigenvalue weighted by atomic mass is 9.82. The maximum absolute atomic E-state index is 11.5. The number of benzene rings is 1. The van der Waals surface area contributed by atoms with Gasteiger partial charge >= 0.3 is 5.97 Å². The number of carbonyl (C=O) groups is 1. The number of hydrogen-bond donors (Lipinski definition) is 1. The van der Waals surface area contributed by atoms with E-state index >= 15 is 0 Å². The van der Waals surface area contributed by atoms with E-state index in [4.69, 9.17) is 0 Å². The van der Waals surface area contributed by atoms with E-state index in [-0.39, 0.29) is 11.3 Å². The minimum absolute atomic E-state index is 0.158. The van der Waals surface area contributed by atoms with Crippen molar-refractivity contribution in [3.05, 3.63) is 35.4 Å². The van der Waals surface area contributed by atoms with Gasteiger partial charge in [0.2, 0.25) is 0 Å². The van der Waals surface area contributed by atoms with Gasteiger partial charge < -0.3 is 5.11 Å². The van der Waals surface area contributed by atoms with Gasteiger partial charge in [-0.1, -0.05) is 64.3 Å². The van der Waals surface area contributed by atoms with Crippen LogP contribution in [0.2, 0.25) is 0 Å². The average molecular weight is 288 g/mol. The first kappa shape index (κ1) is 16.1. The minimum Gasteiger partial charge on any atom is -0.481 e. The fourth-order valence-electron chi connectivity index (χ4n) is 3.40. The van der Waals surface area contributed by atoms with Gasteiger partial charge in [0.15, 0.2) is 0 Å². The van der Waals surface area contributed by atoms with Crippen LogP contribution in [-0.2, 0) is 16.6 Å². The molecule has 1 saturated carbocycles. The summed E-state index contributed by atoms with van der Waals surface area (Å²) in [5.41, 5.74) is 2.79. The highest BCUT2D eigenvalue weighted by Crippen LogP contribution is 2.32. The van der Waals surface area contributed by atoms with E-state index in [9.17, 15) is 9.90 Å². The Morgan fingerprint density at radius 3 is 2.29 bits per heavy atom. The molecule has 1 aliphatic carbocycles. The molecule has 1 aliphatic rings. The summed E-state index contributed by atoms with van der Waals surface area (Å²) in [6.45, 7) is 6.65. The van der Waals surface area contributed by atoms with Crippen molar-refractivity contribution in [2.45, 2.75) is 64.7 Å². The Kier molecular flexibility index (Phi) is 5.08. The zero-order valence-corrected chi connectivity index (χ0v) is 13.6. The topological polar surface area (TPSA) is 37.3 Å². The molecule has 0 aromatic heterocycles. The Morgan fingerprint density at radius 1 is 1.10 bits per heavy atom. The molecule has 0 saturated heterocycles. The molecule has 1 fully saturated rings. The van der Waals surface area contributed by atoms with Crippen LogP contribution in [0.4, 0.5) is 0 Å². The number of carboxylic acids is 1. The zero-order chi connectivity index (χ0) is 15.5. The van der Waals surface area contributed by atoms with E-state index in [1.165, 1.54) is 24.0 Å². The van der Waals surface area contributed by atoms with Crippen molar-refractivity contribution in [3.63, 3.8) is 0 Å². The van der Waals surface area contributed by atoms with Crippen molar-refractivity contribution in [1.82, 2.24) is 0 Å². The van der Waals surface area contributed by atoms with Crippen LogP contribution in [0.1, 0.15) is 64.0 Å². The number of carboxylic acid groups (broad SMARTS) is 1. The van der Waals surface area contributed by atoms with Gasteiger partial charge in [-0.15, -0.1) is 0 Å². The largest absolute Gasteiger partial charge is 0.481 e. The molecular formula is C19H28O2. The van der Waals surface area contributed by atoms with E-state index in [0.717, 1.165) is 25.7 Å². The van der Waals surface area contributed by atoms with E-state index in [1.54, 1.807) is 0 Å². The van der Waals surface area contributed by atoms with Crippen molar-refractivity contribution >= 4 is 5.97 Å². The Bertz CT molecular complexity index is 467. The van der Waals surface area contributed by atoms with Gasteiger partial charge in [-0.05, 0) is 41.7 Å². The van der Waals surface area contributed by atoms with E-state index in [0.29, 0.717) is 5.92 Å². The summed E-state index contributed by atoms with van der Waals surface area (Å²) in [4.78, 5) is 11.5. The van der Waals surface area contributed by atoms with Gasteiger partial charge in [-0.25, -0.2) is 0 Å². The second-order valence-corrected chi connectivity index (χ2v) is 7.49. The van der Waals surface area contributed by atoms with Crippen LogP contribution in [-0.4, -0.2) is 11.1 Å². The maximum Gasteiger partial charge on any atom is 0.306 e. The third-order valence-corrected chi connectivity index (χ3v) is 4.79. The average Bonchev–Trinajstić information content (AvgIpc) is 2.64. The number of aliphatic carboxylic acids is 1. The third kappa shape index (κ3) is 4.33. The minimum atomic E-state index is -0.604. The zero-order valence-electron chi connectivity index (χ0n) is 13.6. The molecule has 2 nitrogen and oxygen atoms in total. The summed E-state index contributed by atoms with van der Waals surface area (Å²) in [5.74, 6) is -0.464. The molecular weight excluding hydrogens is 260 g/mol. The van der Waals surface area contributed by atoms with E-state index in [1.807, 2.05) is 0 Å². The first-order valence-electron chi connectivity index (χ1n) is 8.20. The molecule has 2 unspecified atom stereocenters. The van der Waals surface area contributed by atoms with Crippen LogP contribution in [0.25, 0.3) is 0 Å². The molecule has 1 aromatic carbocycles. The van der Waals surface area contributed by atoms with Gasteiger partial charge in [-0.2, -0.15) is 0 Å². The van der Waals surface area contributed by atoms with Gasteiger partial charge in [-0.3, -0.25) is 4.79 Å². The summed E-state index contributed by atoms with van der Waals surface area (Å²) in [6.07, 6.45) is 6.23. The molecule has 0 radical (unpaired) electrons. The SMILES string of the molecule is CC(C)(C)c1ccc(CC2CCCCCC2C(=O)O)cc1. The van der Waals surface area contributed by atoms with Gasteiger partial charge in [0.05, 0.1) is 5.92 Å². The Labute approximate surface area is 128 Å². The summed E-state index contributed by atoms with van der Waals surface area (Å²) in [5, 5.41) is 9.46. The second-order valence-electron chi connectivity index (χ2n) is 7.49. The standard InChI is InChI=1S/C19H28O2/c1-19(2,3)16-11-9-14(10-12-16)13-15-7-5-4-6-8-17(15)18(20)21/h9-12,15,17H,4-8,13H2,1-3H3,(H,20,21). The van der Waals surface area contributed by atoms with Crippen LogP contribution in [0.5, 0.6) is 0 Å². The first-order chi connectivity index (χ1) is 9.88. The molecule has 0 spiro atoms. The fourth-order valence-corrected chi connectivity index (χ4v) is 3.40. The Balaban J connectivity index is 2.09. The van der Waals surface area contributed by atoms with Crippen molar-refractivity contribution < 1.29 is 9.90 Å². The summed E-state index contributed by atoms with van der Waals surface area (Å²) in [7, 11) is 0. The molecule has 0 amide bonds. The van der Waals surface area contributed by atoms with Crippen molar-refractivity contribution in [2.75, 3.05) is 0 Å². The highest BCUT2D eigenvalue weighted by atomic mass is 16.4. The molecule has 0 bridgehead atoms. The smallest absolute Gasteiger partial charge is 0.306 e. The van der Waals surface area contributed by atoms with Crippen molar-refractivity contribution in [1.29, 1.82) is 0 Å². The van der Waals surface area contributed by atoms with Crippen molar-refractivity contribution in [2.24, 2.45) is 11.8 Å². The van der Waals surface area contributed by atoms with E-state index in [2.05, 4.69) is 45.0 Å². The quantitative estimate of drug-likeness (QED) is 0.811. The molecule has 1 N–H and O–H groups in total. The molecule has 0 heterocycles. The lowest BCUT2D eigenvalue weighted by Crippen LogP contribution is -2.24. The first-order valence-corrected chi connectivity index (χ1v) is 8.20. The van der Waals surface area contributed by atoms with Crippen LogP contribution >= 0.6 is 0 Å². The summed E-state index contributed by atoms with van der Waals surface area (Å²) >= 11 is 0. The highest BCUT2D eigenvalue weighted by molar-refractivity contribution is 5.70. The van der Waals surface area contributed by atoms with E-state index < -0.39 is 5.97 Å². The number of hydrogen-bond acceptors (Lipinski definition) is 1. The Morgan fingerprint density at radius 2 is 1.71 bits per heavy atom. The molecule has 0 aliphatic heterocycles. The maximum atomic E-state index is 11.5. The summed E-state index contributed by atoms with van der Waals surface area (Å²) in [6, 6.07) is 8.76. The van der Waals surface area contributed by atoms with Crippen LogP contribution in [0.3, 0.4) is 0 Å². The highest BCUT2D eigenvalue weighted by Gasteiger charge is 2.29. The van der Waals surface area contributed by atoms with Crippen LogP contribution < -0.4 is 0 Å². The summed E-state index contributed by atoms with van der Waals surface area (Å²) < 4.78 is 0. The molecule has 1 aromatic rings. The third-order valence-electron chi connectivity index (χ3n) is 4.79. The monoisotopic (exact) mass is 288 g/mol. The number of rotatable bonds is 3. The Hall–Kier alpha value is -1.31. The molecule has 2 heteroatoms. The molecule has 2 rings (SSSR count). The predicted molar refractivity (Wildman–Crippen MR) is 86.5 cm³/mol. The van der Waals surface area contributed by atoms with Crippen LogP contribution in [0, 0.1) is 11.8 Å². The lowest BCUT2D eigenvalue weighted by molar-refractivity contribution is -0.143. The van der Waals surface area contributed by atoms with Gasteiger partial charge in [0.25, 0.3) is 0 Å². The molecule has 116 valence electrons. The lowest BCUT2D eigenvalue weighted by Gasteiger charge is -2.23. The fraction of sp³-hybridized carbons (Fsp3) is 0.632. The molecule has 2 atom stereocenters. The second kappa shape index (κ2) is 6.64. The van der Waals surface area contributed by atoms with Gasteiger partial charge in [0, 0.05) is 0 Å².